The normalized spacial score (nSPS) is 26.9. The van der Waals surface area contributed by atoms with Crippen molar-refractivity contribution in [2.24, 2.45) is 22.7 Å². The molecule has 2 aromatic rings. The molecule has 0 saturated carbocycles. The maximum Gasteiger partial charge on any atom is 0.219 e. The van der Waals surface area contributed by atoms with E-state index in [2.05, 4.69) is 26.0 Å². The molecule has 0 aromatic heterocycles. The Kier molecular flexibility index (Phi) is 5.70. The maximum absolute atomic E-state index is 11.8. The fourth-order valence-electron chi connectivity index (χ4n) is 4.71. The van der Waals surface area contributed by atoms with E-state index in [1.54, 1.807) is 6.92 Å². The van der Waals surface area contributed by atoms with Crippen molar-refractivity contribution in [3.8, 4) is 11.5 Å². The van der Waals surface area contributed by atoms with Gasteiger partial charge in [-0.05, 0) is 66.6 Å². The van der Waals surface area contributed by atoms with Crippen LogP contribution in [-0.2, 0) is 4.79 Å². The first kappa shape index (κ1) is 19.7. The van der Waals surface area contributed by atoms with Gasteiger partial charge in [0.15, 0.2) is 0 Å². The fraction of sp³-hybridized carbons (Fsp3) is 0.440. The van der Waals surface area contributed by atoms with Gasteiger partial charge in [0.25, 0.3) is 0 Å². The average Bonchev–Trinajstić information content (AvgIpc) is 3.04. The van der Waals surface area contributed by atoms with Gasteiger partial charge in [-0.1, -0.05) is 32.0 Å². The van der Waals surface area contributed by atoms with E-state index in [-0.39, 0.29) is 5.91 Å². The molecule has 29 heavy (non-hydrogen) atoms. The third-order valence-corrected chi connectivity index (χ3v) is 6.56. The molecule has 4 heteroatoms. The highest BCUT2D eigenvalue weighted by Gasteiger charge is 2.39. The van der Waals surface area contributed by atoms with E-state index in [4.69, 9.17) is 9.73 Å². The zero-order chi connectivity index (χ0) is 20.4. The lowest BCUT2D eigenvalue weighted by Crippen LogP contribution is -2.43. The Morgan fingerprint density at radius 3 is 2.41 bits per heavy atom. The van der Waals surface area contributed by atoms with Crippen LogP contribution in [0.3, 0.4) is 0 Å². The van der Waals surface area contributed by atoms with Crippen LogP contribution in [0.5, 0.6) is 11.5 Å². The van der Waals surface area contributed by atoms with E-state index >= 15 is 0 Å². The van der Waals surface area contributed by atoms with Crippen molar-refractivity contribution in [1.82, 2.24) is 4.90 Å². The number of likely N-dealkylation sites (tertiary alicyclic amines) is 1. The Balaban J connectivity index is 1.50. The van der Waals surface area contributed by atoms with Crippen molar-refractivity contribution in [1.29, 1.82) is 0 Å². The quantitative estimate of drug-likeness (QED) is 0.722. The monoisotopic (exact) mass is 390 g/mol. The zero-order valence-electron chi connectivity index (χ0n) is 17.5. The van der Waals surface area contributed by atoms with Crippen molar-refractivity contribution in [3.63, 3.8) is 0 Å². The third kappa shape index (κ3) is 4.21. The van der Waals surface area contributed by atoms with E-state index in [0.29, 0.717) is 23.8 Å². The fourth-order valence-corrected chi connectivity index (χ4v) is 4.71. The van der Waals surface area contributed by atoms with Gasteiger partial charge in [0.1, 0.15) is 11.5 Å². The summed E-state index contributed by atoms with van der Waals surface area (Å²) in [7, 11) is 0. The van der Waals surface area contributed by atoms with Crippen molar-refractivity contribution in [3.05, 3.63) is 60.2 Å². The largest absolute Gasteiger partial charge is 0.457 e. The van der Waals surface area contributed by atoms with E-state index < -0.39 is 0 Å². The second-order valence-corrected chi connectivity index (χ2v) is 8.46. The summed E-state index contributed by atoms with van der Waals surface area (Å²) < 4.78 is 5.92. The number of benzene rings is 2. The zero-order valence-corrected chi connectivity index (χ0v) is 17.5. The van der Waals surface area contributed by atoms with Gasteiger partial charge >= 0.3 is 0 Å². The molecule has 1 saturated heterocycles. The molecule has 0 spiro atoms. The highest BCUT2D eigenvalue weighted by molar-refractivity contribution is 6.03. The summed E-state index contributed by atoms with van der Waals surface area (Å²) in [5.41, 5.74) is 2.36. The minimum Gasteiger partial charge on any atom is -0.457 e. The van der Waals surface area contributed by atoms with E-state index in [1.165, 1.54) is 11.3 Å². The first-order chi connectivity index (χ1) is 14.0. The Labute approximate surface area is 173 Å². The molecule has 152 valence electrons. The van der Waals surface area contributed by atoms with Gasteiger partial charge in [-0.15, -0.1) is 0 Å². The molecule has 0 N–H and O–H groups in total. The van der Waals surface area contributed by atoms with Crippen LogP contribution in [0.2, 0.25) is 0 Å². The molecular formula is C25H30N2O2. The summed E-state index contributed by atoms with van der Waals surface area (Å²) in [4.78, 5) is 19.0. The molecule has 0 radical (unpaired) electrons. The SMILES string of the molecule is CC(=O)N1CCC[C@@H](C2N=C(c3ccc(Oc4ccccc4)cc3)C(C)C2C)C1. The second-order valence-electron chi connectivity index (χ2n) is 8.46. The van der Waals surface area contributed by atoms with Crippen LogP contribution in [0.4, 0.5) is 0 Å². The van der Waals surface area contributed by atoms with Crippen molar-refractivity contribution >= 4 is 11.6 Å². The van der Waals surface area contributed by atoms with Gasteiger partial charge in [-0.3, -0.25) is 9.79 Å². The summed E-state index contributed by atoms with van der Waals surface area (Å²) in [5.74, 6) is 3.22. The van der Waals surface area contributed by atoms with Crippen LogP contribution in [0.15, 0.2) is 59.6 Å². The van der Waals surface area contributed by atoms with Crippen molar-refractivity contribution < 1.29 is 9.53 Å². The Morgan fingerprint density at radius 2 is 1.72 bits per heavy atom. The lowest BCUT2D eigenvalue weighted by Gasteiger charge is -2.36. The number of nitrogens with zero attached hydrogens (tertiary/aromatic N) is 2. The number of ether oxygens (including phenoxy) is 1. The standard InChI is InChI=1S/C25H30N2O2/c1-17-18(2)25(21-8-7-15-27(16-21)19(3)28)26-24(17)20-11-13-23(14-12-20)29-22-9-5-4-6-10-22/h4-6,9-14,17-18,21,25H,7-8,15-16H2,1-3H3/t17?,18?,21-,25?/m1/s1. The van der Waals surface area contributed by atoms with E-state index in [0.717, 1.165) is 37.4 Å². The average molecular weight is 391 g/mol. The summed E-state index contributed by atoms with van der Waals surface area (Å²) in [6.45, 7) is 8.01. The van der Waals surface area contributed by atoms with Gasteiger partial charge in [-0.25, -0.2) is 0 Å². The number of hydrogen-bond donors (Lipinski definition) is 0. The lowest BCUT2D eigenvalue weighted by molar-refractivity contribution is -0.130. The number of piperidine rings is 1. The van der Waals surface area contributed by atoms with E-state index in [1.807, 2.05) is 47.4 Å². The van der Waals surface area contributed by atoms with Crippen molar-refractivity contribution in [2.45, 2.75) is 39.7 Å². The number of amides is 1. The van der Waals surface area contributed by atoms with Crippen LogP contribution in [0.1, 0.15) is 39.2 Å². The lowest BCUT2D eigenvalue weighted by atomic mass is 9.80. The summed E-state index contributed by atoms with van der Waals surface area (Å²) in [6, 6.07) is 18.4. The molecule has 1 amide bonds. The number of carbonyl (C=O) groups is 1. The first-order valence-corrected chi connectivity index (χ1v) is 10.7. The van der Waals surface area contributed by atoms with Crippen LogP contribution in [-0.4, -0.2) is 35.7 Å². The number of para-hydroxylation sites is 1. The summed E-state index contributed by atoms with van der Waals surface area (Å²) >= 11 is 0. The molecule has 3 unspecified atom stereocenters. The molecule has 4 rings (SSSR count). The molecule has 2 aliphatic heterocycles. The highest BCUT2D eigenvalue weighted by atomic mass is 16.5. The number of aliphatic imine (C=N–C) groups is 1. The third-order valence-electron chi connectivity index (χ3n) is 6.56. The minimum absolute atomic E-state index is 0.187. The van der Waals surface area contributed by atoms with Gasteiger partial charge < -0.3 is 9.64 Å². The molecular weight excluding hydrogens is 360 g/mol. The molecule has 2 aromatic carbocycles. The Bertz CT molecular complexity index is 875. The van der Waals surface area contributed by atoms with Gasteiger partial charge in [0.2, 0.25) is 5.91 Å². The van der Waals surface area contributed by atoms with Crippen LogP contribution in [0, 0.1) is 17.8 Å². The molecule has 2 heterocycles. The predicted molar refractivity (Wildman–Crippen MR) is 117 cm³/mol. The molecule has 2 aliphatic rings. The number of carbonyl (C=O) groups excluding carboxylic acids is 1. The second kappa shape index (κ2) is 8.40. The van der Waals surface area contributed by atoms with Gasteiger partial charge in [0, 0.05) is 31.6 Å². The molecule has 4 atom stereocenters. The first-order valence-electron chi connectivity index (χ1n) is 10.7. The summed E-state index contributed by atoms with van der Waals surface area (Å²) in [5, 5.41) is 0. The molecule has 0 aliphatic carbocycles. The van der Waals surface area contributed by atoms with Crippen LogP contribution in [0.25, 0.3) is 0 Å². The molecule has 4 nitrogen and oxygen atoms in total. The number of hydrogen-bond acceptors (Lipinski definition) is 3. The van der Waals surface area contributed by atoms with Crippen LogP contribution >= 0.6 is 0 Å². The smallest absolute Gasteiger partial charge is 0.219 e. The van der Waals surface area contributed by atoms with E-state index in [9.17, 15) is 4.79 Å². The Morgan fingerprint density at radius 1 is 1.03 bits per heavy atom. The summed E-state index contributed by atoms with van der Waals surface area (Å²) in [6.07, 6.45) is 2.24. The predicted octanol–water partition coefficient (Wildman–Crippen LogP) is 5.18. The minimum atomic E-state index is 0.187. The van der Waals surface area contributed by atoms with Gasteiger partial charge in [0.05, 0.1) is 6.04 Å². The topological polar surface area (TPSA) is 41.9 Å². The highest BCUT2D eigenvalue weighted by Crippen LogP contribution is 2.37. The van der Waals surface area contributed by atoms with Gasteiger partial charge in [-0.2, -0.15) is 0 Å². The van der Waals surface area contributed by atoms with Crippen molar-refractivity contribution in [2.75, 3.05) is 13.1 Å². The Hall–Kier alpha value is -2.62. The number of rotatable bonds is 4. The molecule has 1 fully saturated rings. The van der Waals surface area contributed by atoms with Crippen LogP contribution < -0.4 is 4.74 Å². The maximum atomic E-state index is 11.8. The molecule has 0 bridgehead atoms.